The number of carbonyl (C=O) groups is 2. The van der Waals surface area contributed by atoms with Gasteiger partial charge in [0.1, 0.15) is 5.75 Å². The minimum absolute atomic E-state index is 0. The average molecular weight is 328 g/mol. The van der Waals surface area contributed by atoms with E-state index in [-0.39, 0.29) is 30.3 Å². The highest BCUT2D eigenvalue weighted by Gasteiger charge is 2.34. The van der Waals surface area contributed by atoms with E-state index in [1.165, 1.54) is 0 Å². The van der Waals surface area contributed by atoms with Crippen LogP contribution < -0.4 is 16.2 Å². The van der Waals surface area contributed by atoms with E-state index in [1.54, 1.807) is 29.2 Å². The number of rotatable bonds is 5. The van der Waals surface area contributed by atoms with Crippen LogP contribution in [0, 0.1) is 5.41 Å². The van der Waals surface area contributed by atoms with Gasteiger partial charge in [0.25, 0.3) is 5.91 Å². The molecule has 1 aliphatic rings. The van der Waals surface area contributed by atoms with Crippen LogP contribution in [0.3, 0.4) is 0 Å². The van der Waals surface area contributed by atoms with Gasteiger partial charge in [-0.15, -0.1) is 12.4 Å². The zero-order valence-electron chi connectivity index (χ0n) is 12.6. The highest BCUT2D eigenvalue weighted by atomic mass is 35.5. The maximum absolute atomic E-state index is 12.1. The number of amides is 2. The maximum atomic E-state index is 12.1. The molecule has 0 aliphatic carbocycles. The fourth-order valence-corrected chi connectivity index (χ4v) is 2.36. The Hall–Kier alpha value is -1.79. The molecule has 0 aromatic heterocycles. The van der Waals surface area contributed by atoms with Crippen molar-refractivity contribution in [2.45, 2.75) is 13.3 Å². The minimum Gasteiger partial charge on any atom is -0.484 e. The summed E-state index contributed by atoms with van der Waals surface area (Å²) in [5, 5.41) is 0. The number of likely N-dealkylation sites (tertiary alicyclic amines) is 1. The number of nitrogens with zero attached hydrogens (tertiary/aromatic N) is 1. The quantitative estimate of drug-likeness (QED) is 0.835. The molecule has 7 heteroatoms. The van der Waals surface area contributed by atoms with Crippen LogP contribution in [0.4, 0.5) is 0 Å². The van der Waals surface area contributed by atoms with Gasteiger partial charge in [0.15, 0.2) is 6.61 Å². The summed E-state index contributed by atoms with van der Waals surface area (Å²) in [7, 11) is 0. The van der Waals surface area contributed by atoms with Gasteiger partial charge in [-0.3, -0.25) is 9.59 Å². The molecular weight excluding hydrogens is 306 g/mol. The number of primary amides is 1. The molecule has 1 aliphatic heterocycles. The molecule has 1 heterocycles. The van der Waals surface area contributed by atoms with E-state index in [2.05, 4.69) is 6.92 Å². The largest absolute Gasteiger partial charge is 0.484 e. The Morgan fingerprint density at radius 1 is 1.32 bits per heavy atom. The maximum Gasteiger partial charge on any atom is 0.260 e. The van der Waals surface area contributed by atoms with E-state index >= 15 is 0 Å². The molecule has 0 bridgehead atoms. The fourth-order valence-electron chi connectivity index (χ4n) is 2.36. The van der Waals surface area contributed by atoms with Crippen molar-refractivity contribution in [2.75, 3.05) is 26.2 Å². The number of ether oxygens (including phenoxy) is 1. The Labute approximate surface area is 136 Å². The standard InChI is InChI=1S/C15H21N3O3.ClH/c1-15(9-16)6-7-18(10-15)13(19)8-21-12-4-2-11(3-5-12)14(17)20;/h2-5H,6-10,16H2,1H3,(H2,17,20);1H. The molecule has 6 nitrogen and oxygen atoms in total. The van der Waals surface area contributed by atoms with Crippen molar-refractivity contribution in [3.05, 3.63) is 29.8 Å². The van der Waals surface area contributed by atoms with E-state index in [9.17, 15) is 9.59 Å². The van der Waals surface area contributed by atoms with Crippen molar-refractivity contribution in [2.24, 2.45) is 16.9 Å². The monoisotopic (exact) mass is 327 g/mol. The molecule has 1 unspecified atom stereocenters. The summed E-state index contributed by atoms with van der Waals surface area (Å²) in [6, 6.07) is 6.40. The topological polar surface area (TPSA) is 98.7 Å². The van der Waals surface area contributed by atoms with Crippen LogP contribution in [-0.2, 0) is 4.79 Å². The molecule has 1 aromatic rings. The summed E-state index contributed by atoms with van der Waals surface area (Å²) < 4.78 is 5.44. The van der Waals surface area contributed by atoms with Crippen LogP contribution in [0.2, 0.25) is 0 Å². The zero-order chi connectivity index (χ0) is 15.5. The molecule has 2 amide bonds. The second-order valence-corrected chi connectivity index (χ2v) is 5.76. The first-order valence-electron chi connectivity index (χ1n) is 6.94. The Balaban J connectivity index is 0.00000242. The third kappa shape index (κ3) is 4.35. The minimum atomic E-state index is -0.490. The van der Waals surface area contributed by atoms with Gasteiger partial charge in [-0.05, 0) is 42.6 Å². The van der Waals surface area contributed by atoms with Gasteiger partial charge in [0.2, 0.25) is 5.91 Å². The summed E-state index contributed by atoms with van der Waals surface area (Å²) in [4.78, 5) is 24.8. The number of nitrogens with two attached hydrogens (primary N) is 2. The lowest BCUT2D eigenvalue weighted by Crippen LogP contribution is -2.36. The zero-order valence-corrected chi connectivity index (χ0v) is 13.4. The lowest BCUT2D eigenvalue weighted by molar-refractivity contribution is -0.132. The number of benzene rings is 1. The smallest absolute Gasteiger partial charge is 0.260 e. The van der Waals surface area contributed by atoms with Crippen molar-refractivity contribution in [1.29, 1.82) is 0 Å². The van der Waals surface area contributed by atoms with Gasteiger partial charge in [-0.2, -0.15) is 0 Å². The van der Waals surface area contributed by atoms with Crippen LogP contribution in [0.15, 0.2) is 24.3 Å². The molecule has 0 saturated carbocycles. The van der Waals surface area contributed by atoms with Crippen LogP contribution >= 0.6 is 12.4 Å². The summed E-state index contributed by atoms with van der Waals surface area (Å²) in [6.07, 6.45) is 0.919. The lowest BCUT2D eigenvalue weighted by Gasteiger charge is -2.22. The van der Waals surface area contributed by atoms with Crippen molar-refractivity contribution in [1.82, 2.24) is 4.90 Å². The van der Waals surface area contributed by atoms with Crippen molar-refractivity contribution >= 4 is 24.2 Å². The second-order valence-electron chi connectivity index (χ2n) is 5.76. The van der Waals surface area contributed by atoms with Crippen LogP contribution in [0.5, 0.6) is 5.75 Å². The fraction of sp³-hybridized carbons (Fsp3) is 0.467. The summed E-state index contributed by atoms with van der Waals surface area (Å²) >= 11 is 0. The molecule has 0 radical (unpaired) electrons. The Bertz CT molecular complexity index is 535. The molecule has 1 atom stereocenters. The molecule has 1 saturated heterocycles. The number of halogens is 1. The Morgan fingerprint density at radius 3 is 2.45 bits per heavy atom. The van der Waals surface area contributed by atoms with E-state index in [1.807, 2.05) is 0 Å². The lowest BCUT2D eigenvalue weighted by atomic mass is 9.90. The third-order valence-corrected chi connectivity index (χ3v) is 3.90. The number of hydrogen-bond acceptors (Lipinski definition) is 4. The summed E-state index contributed by atoms with van der Waals surface area (Å²) in [5.74, 6) is -0.00366. The molecule has 122 valence electrons. The Kier molecular flexibility index (Phi) is 6.20. The number of hydrogen-bond donors (Lipinski definition) is 2. The van der Waals surface area contributed by atoms with Crippen LogP contribution in [0.1, 0.15) is 23.7 Å². The van der Waals surface area contributed by atoms with E-state index in [0.717, 1.165) is 13.0 Å². The third-order valence-electron chi connectivity index (χ3n) is 3.90. The predicted octanol–water partition coefficient (Wildman–Crippen LogP) is 0.783. The second kappa shape index (κ2) is 7.47. The van der Waals surface area contributed by atoms with Crippen LogP contribution in [0.25, 0.3) is 0 Å². The highest BCUT2D eigenvalue weighted by Crippen LogP contribution is 2.28. The van der Waals surface area contributed by atoms with E-state index in [4.69, 9.17) is 16.2 Å². The molecule has 1 aromatic carbocycles. The first-order chi connectivity index (χ1) is 9.93. The van der Waals surface area contributed by atoms with Gasteiger partial charge in [-0.25, -0.2) is 0 Å². The van der Waals surface area contributed by atoms with Gasteiger partial charge in [-0.1, -0.05) is 6.92 Å². The van der Waals surface area contributed by atoms with Crippen molar-refractivity contribution in [3.63, 3.8) is 0 Å². The first-order valence-corrected chi connectivity index (χ1v) is 6.94. The first kappa shape index (κ1) is 18.3. The molecule has 22 heavy (non-hydrogen) atoms. The van der Waals surface area contributed by atoms with Gasteiger partial charge >= 0.3 is 0 Å². The predicted molar refractivity (Wildman–Crippen MR) is 86.1 cm³/mol. The van der Waals surface area contributed by atoms with E-state index in [0.29, 0.717) is 24.4 Å². The molecule has 0 spiro atoms. The average Bonchev–Trinajstić information content (AvgIpc) is 2.88. The van der Waals surface area contributed by atoms with Gasteiger partial charge in [0.05, 0.1) is 0 Å². The van der Waals surface area contributed by atoms with E-state index < -0.39 is 5.91 Å². The summed E-state index contributed by atoms with van der Waals surface area (Å²) in [5.41, 5.74) is 11.3. The summed E-state index contributed by atoms with van der Waals surface area (Å²) in [6.45, 7) is 4.04. The molecule has 2 rings (SSSR count). The SMILES string of the molecule is CC1(CN)CCN(C(=O)COc2ccc(C(N)=O)cc2)C1.Cl. The molecule has 4 N–H and O–H groups in total. The van der Waals surface area contributed by atoms with Gasteiger partial charge < -0.3 is 21.1 Å². The molecular formula is C15H22ClN3O3. The highest BCUT2D eigenvalue weighted by molar-refractivity contribution is 5.92. The van der Waals surface area contributed by atoms with Crippen molar-refractivity contribution in [3.8, 4) is 5.75 Å². The van der Waals surface area contributed by atoms with Crippen LogP contribution in [-0.4, -0.2) is 43.0 Å². The number of carbonyl (C=O) groups excluding carboxylic acids is 2. The molecule has 1 fully saturated rings. The Morgan fingerprint density at radius 2 is 1.95 bits per heavy atom. The van der Waals surface area contributed by atoms with Crippen molar-refractivity contribution < 1.29 is 14.3 Å². The normalized spacial score (nSPS) is 20.4. The van der Waals surface area contributed by atoms with Gasteiger partial charge in [0, 0.05) is 18.7 Å².